The molecule has 0 saturated heterocycles. The van der Waals surface area contributed by atoms with Crippen molar-refractivity contribution in [2.75, 3.05) is 13.6 Å². The van der Waals surface area contributed by atoms with Crippen LogP contribution in [0.2, 0.25) is 0 Å². The predicted molar refractivity (Wildman–Crippen MR) is 75.1 cm³/mol. The largest absolute Gasteiger partial charge is 0.405 e. The van der Waals surface area contributed by atoms with Crippen LogP contribution in [0.5, 0.6) is 0 Å². The van der Waals surface area contributed by atoms with Gasteiger partial charge in [-0.2, -0.15) is 0 Å². The summed E-state index contributed by atoms with van der Waals surface area (Å²) in [5.74, 6) is 0.727. The smallest absolute Gasteiger partial charge is 0.0178 e. The second-order valence-electron chi connectivity index (χ2n) is 5.41. The summed E-state index contributed by atoms with van der Waals surface area (Å²) >= 11 is 0. The third-order valence-corrected chi connectivity index (χ3v) is 3.01. The van der Waals surface area contributed by atoms with E-state index >= 15 is 0 Å². The van der Waals surface area contributed by atoms with Gasteiger partial charge in [-0.05, 0) is 43.0 Å². The molecule has 3 heteroatoms. The normalized spacial score (nSPS) is 13.6. The Morgan fingerprint density at radius 1 is 1.35 bits per heavy atom. The molecule has 1 atom stereocenters. The zero-order chi connectivity index (χ0) is 11.9. The molecule has 3 N–H and O–H groups in total. The molecule has 1 unspecified atom stereocenters. The van der Waals surface area contributed by atoms with E-state index in [2.05, 4.69) is 33.0 Å². The fourth-order valence-electron chi connectivity index (χ4n) is 1.93. The Balaban J connectivity index is -0.000000980. The summed E-state index contributed by atoms with van der Waals surface area (Å²) in [6.45, 7) is 10.1. The van der Waals surface area contributed by atoms with E-state index in [0.717, 1.165) is 18.9 Å². The molecular weight excluding hydrogens is 285 g/mol. The van der Waals surface area contributed by atoms with Crippen molar-refractivity contribution in [1.82, 2.24) is 5.32 Å². The van der Waals surface area contributed by atoms with Crippen molar-refractivity contribution >= 4 is 0 Å². The van der Waals surface area contributed by atoms with Crippen molar-refractivity contribution in [3.8, 4) is 0 Å². The summed E-state index contributed by atoms with van der Waals surface area (Å²) in [4.78, 5) is 0. The number of nitrogens with two attached hydrogens (primary N) is 1. The zero-order valence-corrected chi connectivity index (χ0v) is 15.5. The van der Waals surface area contributed by atoms with Gasteiger partial charge in [0.15, 0.2) is 0 Å². The first kappa shape index (κ1) is 22.8. The SMILES string of the molecule is CCCC(C/C(=C/N)CNC)C(C)(C)C.[CH3-].[Y]. The first-order valence-corrected chi connectivity index (χ1v) is 5.99. The van der Waals surface area contributed by atoms with E-state index in [1.54, 1.807) is 6.20 Å². The average molecular weight is 316 g/mol. The van der Waals surface area contributed by atoms with Gasteiger partial charge in [0, 0.05) is 39.3 Å². The van der Waals surface area contributed by atoms with E-state index in [1.807, 2.05) is 7.05 Å². The topological polar surface area (TPSA) is 38.0 Å². The molecule has 0 fully saturated rings. The second kappa shape index (κ2) is 11.7. The average Bonchev–Trinajstić information content (AvgIpc) is 2.14. The van der Waals surface area contributed by atoms with Crippen molar-refractivity contribution in [3.05, 3.63) is 19.2 Å². The van der Waals surface area contributed by atoms with Crippen LogP contribution in [0.15, 0.2) is 11.8 Å². The minimum atomic E-state index is 0. The molecule has 0 spiro atoms. The predicted octanol–water partition coefficient (Wildman–Crippen LogP) is 3.35. The van der Waals surface area contributed by atoms with Gasteiger partial charge in [0.05, 0.1) is 0 Å². The van der Waals surface area contributed by atoms with Crippen LogP contribution >= 0.6 is 0 Å². The first-order valence-electron chi connectivity index (χ1n) is 5.99. The molecule has 0 aromatic carbocycles. The summed E-state index contributed by atoms with van der Waals surface area (Å²) in [5, 5.41) is 3.17. The Hall–Kier alpha value is 0.604. The van der Waals surface area contributed by atoms with Gasteiger partial charge in [0.2, 0.25) is 0 Å². The Bertz CT molecular complexity index is 195. The quantitative estimate of drug-likeness (QED) is 0.738. The van der Waals surface area contributed by atoms with Gasteiger partial charge in [-0.1, -0.05) is 34.1 Å². The minimum Gasteiger partial charge on any atom is -0.405 e. The Labute approximate surface area is 134 Å². The van der Waals surface area contributed by atoms with Crippen LogP contribution in [0, 0.1) is 18.8 Å². The van der Waals surface area contributed by atoms with Gasteiger partial charge >= 0.3 is 0 Å². The molecule has 0 aromatic rings. The molecule has 101 valence electrons. The first-order chi connectivity index (χ1) is 6.95. The number of hydrogen-bond acceptors (Lipinski definition) is 2. The van der Waals surface area contributed by atoms with E-state index in [-0.39, 0.29) is 40.1 Å². The van der Waals surface area contributed by atoms with E-state index in [9.17, 15) is 0 Å². The Kier molecular flexibility index (Phi) is 15.6. The Morgan fingerprint density at radius 2 is 1.88 bits per heavy atom. The molecule has 0 amide bonds. The molecule has 0 aliphatic rings. The van der Waals surface area contributed by atoms with Crippen LogP contribution < -0.4 is 11.1 Å². The van der Waals surface area contributed by atoms with Crippen molar-refractivity contribution in [2.24, 2.45) is 17.1 Å². The Morgan fingerprint density at radius 3 is 2.18 bits per heavy atom. The standard InChI is InChI=1S/C13H28N2.CH3.Y/c1-6-7-12(13(2,3)4)8-11(9-14)10-15-5;;/h9,12,15H,6-8,10,14H2,1-5H3;1H3;/q;-1;/b11-9-;;. The molecule has 1 radical (unpaired) electrons. The summed E-state index contributed by atoms with van der Waals surface area (Å²) in [7, 11) is 1.97. The van der Waals surface area contributed by atoms with Crippen molar-refractivity contribution in [1.29, 1.82) is 0 Å². The molecule has 0 aliphatic carbocycles. The van der Waals surface area contributed by atoms with Crippen LogP contribution in [0.3, 0.4) is 0 Å². The summed E-state index contributed by atoms with van der Waals surface area (Å²) in [6, 6.07) is 0. The summed E-state index contributed by atoms with van der Waals surface area (Å²) < 4.78 is 0. The van der Waals surface area contributed by atoms with Crippen LogP contribution in [0.1, 0.15) is 47.0 Å². The molecule has 0 aliphatic heterocycles. The fraction of sp³-hybridized carbons (Fsp3) is 0.786. The van der Waals surface area contributed by atoms with Crippen LogP contribution in [0.4, 0.5) is 0 Å². The maximum Gasteiger partial charge on any atom is 0.0178 e. The monoisotopic (exact) mass is 316 g/mol. The van der Waals surface area contributed by atoms with Crippen molar-refractivity contribution in [3.63, 3.8) is 0 Å². The number of likely N-dealkylation sites (N-methyl/N-ethyl adjacent to an activating group) is 1. The van der Waals surface area contributed by atoms with Gasteiger partial charge in [0.1, 0.15) is 0 Å². The molecule has 0 saturated carbocycles. The maximum absolute atomic E-state index is 5.64. The van der Waals surface area contributed by atoms with E-state index in [4.69, 9.17) is 5.73 Å². The molecule has 2 nitrogen and oxygen atoms in total. The number of nitrogens with one attached hydrogen (secondary N) is 1. The maximum atomic E-state index is 5.64. The molecule has 0 rings (SSSR count). The molecule has 17 heavy (non-hydrogen) atoms. The van der Waals surface area contributed by atoms with Crippen LogP contribution in [0.25, 0.3) is 0 Å². The van der Waals surface area contributed by atoms with Gasteiger partial charge < -0.3 is 18.5 Å². The molecular formula is C14H31N2Y-. The third-order valence-electron chi connectivity index (χ3n) is 3.01. The number of rotatable bonds is 6. The van der Waals surface area contributed by atoms with Crippen LogP contribution in [-0.2, 0) is 32.7 Å². The summed E-state index contributed by atoms with van der Waals surface area (Å²) in [6.07, 6.45) is 5.42. The van der Waals surface area contributed by atoms with Gasteiger partial charge in [-0.15, -0.1) is 0 Å². The van der Waals surface area contributed by atoms with Crippen molar-refractivity contribution in [2.45, 2.75) is 47.0 Å². The van der Waals surface area contributed by atoms with Crippen LogP contribution in [-0.4, -0.2) is 13.6 Å². The third kappa shape index (κ3) is 10.2. The fourth-order valence-corrected chi connectivity index (χ4v) is 1.93. The van der Waals surface area contributed by atoms with Gasteiger partial charge in [-0.25, -0.2) is 0 Å². The van der Waals surface area contributed by atoms with Gasteiger partial charge in [-0.3, -0.25) is 0 Å². The van der Waals surface area contributed by atoms with E-state index in [1.165, 1.54) is 18.4 Å². The summed E-state index contributed by atoms with van der Waals surface area (Å²) in [5.41, 5.74) is 7.34. The molecule has 0 heterocycles. The van der Waals surface area contributed by atoms with E-state index in [0.29, 0.717) is 5.41 Å². The van der Waals surface area contributed by atoms with Crippen molar-refractivity contribution < 1.29 is 32.7 Å². The van der Waals surface area contributed by atoms with Gasteiger partial charge in [0.25, 0.3) is 0 Å². The minimum absolute atomic E-state index is 0. The second-order valence-corrected chi connectivity index (χ2v) is 5.41. The molecule has 0 aromatic heterocycles. The zero-order valence-electron chi connectivity index (χ0n) is 12.6. The molecule has 0 bridgehead atoms. The van der Waals surface area contributed by atoms with E-state index < -0.39 is 0 Å². The number of hydrogen-bond donors (Lipinski definition) is 2.